The van der Waals surface area contributed by atoms with Crippen LogP contribution in [0.15, 0.2) is 66.8 Å². The Morgan fingerprint density at radius 2 is 1.75 bits per heavy atom. The minimum absolute atomic E-state index is 0.111. The van der Waals surface area contributed by atoms with Gasteiger partial charge in [-0.15, -0.1) is 0 Å². The molecule has 0 radical (unpaired) electrons. The molecule has 1 nitrogen and oxygen atoms in total. The lowest BCUT2D eigenvalue weighted by Gasteiger charge is -2.23. The standard InChI is InChI=1S/C19H16O/c1-13-9-11-14(12-10-13)15-6-4-7-17-16-5-2-3-8-18(16)20-19(15)17/h2-12,17,19H,1H3. The molecular weight excluding hydrogens is 244 g/mol. The summed E-state index contributed by atoms with van der Waals surface area (Å²) in [5.41, 5.74) is 5.11. The Kier molecular flexibility index (Phi) is 2.53. The lowest BCUT2D eigenvalue weighted by Crippen LogP contribution is -2.21. The monoisotopic (exact) mass is 260 g/mol. The van der Waals surface area contributed by atoms with Crippen LogP contribution in [0, 0.1) is 6.92 Å². The summed E-state index contributed by atoms with van der Waals surface area (Å²) in [5, 5.41) is 0. The second kappa shape index (κ2) is 4.38. The second-order valence-corrected chi connectivity index (χ2v) is 5.47. The van der Waals surface area contributed by atoms with E-state index in [4.69, 9.17) is 4.74 Å². The first-order valence-electron chi connectivity index (χ1n) is 7.04. The van der Waals surface area contributed by atoms with E-state index in [2.05, 4.69) is 67.6 Å². The summed E-state index contributed by atoms with van der Waals surface area (Å²) in [7, 11) is 0. The van der Waals surface area contributed by atoms with E-state index in [0.29, 0.717) is 5.92 Å². The molecule has 0 amide bonds. The number of hydrogen-bond acceptors (Lipinski definition) is 1. The van der Waals surface area contributed by atoms with Crippen molar-refractivity contribution in [3.63, 3.8) is 0 Å². The molecule has 4 rings (SSSR count). The van der Waals surface area contributed by atoms with E-state index < -0.39 is 0 Å². The molecule has 2 aromatic carbocycles. The van der Waals surface area contributed by atoms with Crippen molar-refractivity contribution < 1.29 is 4.74 Å². The number of fused-ring (bicyclic) bond motifs is 3. The zero-order chi connectivity index (χ0) is 13.5. The summed E-state index contributed by atoms with van der Waals surface area (Å²) < 4.78 is 6.19. The van der Waals surface area contributed by atoms with Crippen molar-refractivity contribution in [1.82, 2.24) is 0 Å². The number of ether oxygens (including phenoxy) is 1. The lowest BCUT2D eigenvalue weighted by molar-refractivity contribution is 0.278. The first kappa shape index (κ1) is 11.5. The summed E-state index contributed by atoms with van der Waals surface area (Å²) in [5.74, 6) is 1.36. The van der Waals surface area contributed by atoms with E-state index in [-0.39, 0.29) is 6.10 Å². The van der Waals surface area contributed by atoms with Crippen LogP contribution in [-0.4, -0.2) is 6.10 Å². The molecule has 1 heteroatoms. The van der Waals surface area contributed by atoms with Crippen LogP contribution in [-0.2, 0) is 0 Å². The summed E-state index contributed by atoms with van der Waals surface area (Å²) in [4.78, 5) is 0. The fourth-order valence-electron chi connectivity index (χ4n) is 3.08. The van der Waals surface area contributed by atoms with Crippen molar-refractivity contribution in [1.29, 1.82) is 0 Å². The molecule has 2 atom stereocenters. The molecule has 2 aromatic rings. The van der Waals surface area contributed by atoms with Gasteiger partial charge in [0.2, 0.25) is 0 Å². The van der Waals surface area contributed by atoms with Gasteiger partial charge in [0.1, 0.15) is 11.9 Å². The summed E-state index contributed by atoms with van der Waals surface area (Å²) in [6.07, 6.45) is 6.69. The molecule has 1 heterocycles. The van der Waals surface area contributed by atoms with Gasteiger partial charge in [-0.1, -0.05) is 66.3 Å². The highest BCUT2D eigenvalue weighted by Crippen LogP contribution is 2.45. The van der Waals surface area contributed by atoms with E-state index in [1.54, 1.807) is 0 Å². The van der Waals surface area contributed by atoms with E-state index in [9.17, 15) is 0 Å². The normalized spacial score (nSPS) is 22.8. The van der Waals surface area contributed by atoms with Gasteiger partial charge >= 0.3 is 0 Å². The third-order valence-electron chi connectivity index (χ3n) is 4.14. The van der Waals surface area contributed by atoms with Gasteiger partial charge in [0.05, 0.1) is 0 Å². The molecule has 0 N–H and O–H groups in total. The quantitative estimate of drug-likeness (QED) is 0.734. The third-order valence-corrected chi connectivity index (χ3v) is 4.14. The first-order valence-corrected chi connectivity index (χ1v) is 7.04. The Morgan fingerprint density at radius 3 is 2.60 bits per heavy atom. The van der Waals surface area contributed by atoms with Crippen molar-refractivity contribution in [3.8, 4) is 5.75 Å². The molecule has 1 aliphatic heterocycles. The van der Waals surface area contributed by atoms with Crippen LogP contribution in [0.1, 0.15) is 22.6 Å². The van der Waals surface area contributed by atoms with Gasteiger partial charge in [0.15, 0.2) is 0 Å². The van der Waals surface area contributed by atoms with E-state index in [0.717, 1.165) is 5.75 Å². The number of benzene rings is 2. The average Bonchev–Trinajstić information content (AvgIpc) is 2.87. The van der Waals surface area contributed by atoms with Crippen molar-refractivity contribution in [3.05, 3.63) is 83.4 Å². The maximum Gasteiger partial charge on any atom is 0.135 e. The minimum atomic E-state index is 0.111. The number of para-hydroxylation sites is 1. The molecule has 98 valence electrons. The summed E-state index contributed by atoms with van der Waals surface area (Å²) >= 11 is 0. The smallest absolute Gasteiger partial charge is 0.135 e. The van der Waals surface area contributed by atoms with Crippen molar-refractivity contribution in [2.45, 2.75) is 18.9 Å². The topological polar surface area (TPSA) is 9.23 Å². The van der Waals surface area contributed by atoms with E-state index >= 15 is 0 Å². The van der Waals surface area contributed by atoms with Crippen molar-refractivity contribution in [2.75, 3.05) is 0 Å². The Bertz CT molecular complexity index is 707. The van der Waals surface area contributed by atoms with E-state index in [1.807, 2.05) is 6.07 Å². The van der Waals surface area contributed by atoms with Gasteiger partial charge in [0.25, 0.3) is 0 Å². The molecule has 2 unspecified atom stereocenters. The zero-order valence-corrected chi connectivity index (χ0v) is 11.4. The third kappa shape index (κ3) is 1.70. The highest BCUT2D eigenvalue weighted by molar-refractivity contribution is 5.75. The molecule has 0 aromatic heterocycles. The highest BCUT2D eigenvalue weighted by Gasteiger charge is 2.36. The van der Waals surface area contributed by atoms with Crippen LogP contribution in [0.25, 0.3) is 5.57 Å². The molecule has 0 bridgehead atoms. The molecule has 0 spiro atoms. The zero-order valence-electron chi connectivity index (χ0n) is 11.4. The lowest BCUT2D eigenvalue weighted by atomic mass is 9.84. The predicted molar refractivity (Wildman–Crippen MR) is 81.9 cm³/mol. The predicted octanol–water partition coefficient (Wildman–Crippen LogP) is 4.49. The maximum atomic E-state index is 6.19. The van der Waals surface area contributed by atoms with Gasteiger partial charge < -0.3 is 4.74 Å². The number of hydrogen-bond donors (Lipinski definition) is 0. The summed E-state index contributed by atoms with van der Waals surface area (Å²) in [6.45, 7) is 2.11. The van der Waals surface area contributed by atoms with E-state index in [1.165, 1.54) is 22.3 Å². The van der Waals surface area contributed by atoms with Crippen LogP contribution in [0.4, 0.5) is 0 Å². The first-order chi connectivity index (χ1) is 9.83. The molecular formula is C19H16O. The minimum Gasteiger partial charge on any atom is -0.484 e. The average molecular weight is 260 g/mol. The fourth-order valence-corrected chi connectivity index (χ4v) is 3.08. The Hall–Kier alpha value is -2.28. The van der Waals surface area contributed by atoms with Gasteiger partial charge in [0, 0.05) is 17.1 Å². The number of rotatable bonds is 1. The van der Waals surface area contributed by atoms with Gasteiger partial charge in [-0.05, 0) is 18.6 Å². The second-order valence-electron chi connectivity index (χ2n) is 5.47. The highest BCUT2D eigenvalue weighted by atomic mass is 16.5. The van der Waals surface area contributed by atoms with Crippen LogP contribution in [0.2, 0.25) is 0 Å². The van der Waals surface area contributed by atoms with Crippen LogP contribution in [0.5, 0.6) is 5.75 Å². The molecule has 2 aliphatic rings. The summed E-state index contributed by atoms with van der Waals surface area (Å²) in [6, 6.07) is 17.0. The fraction of sp³-hybridized carbons (Fsp3) is 0.158. The SMILES string of the molecule is Cc1ccc(C2=CC=CC3c4ccccc4OC23)cc1. The Labute approximate surface area is 119 Å². The van der Waals surface area contributed by atoms with Gasteiger partial charge in [-0.25, -0.2) is 0 Å². The Morgan fingerprint density at radius 1 is 0.950 bits per heavy atom. The molecule has 0 saturated carbocycles. The Balaban J connectivity index is 1.76. The van der Waals surface area contributed by atoms with Crippen molar-refractivity contribution in [2.24, 2.45) is 0 Å². The van der Waals surface area contributed by atoms with Gasteiger partial charge in [-0.2, -0.15) is 0 Å². The van der Waals surface area contributed by atoms with Crippen LogP contribution in [0.3, 0.4) is 0 Å². The molecule has 20 heavy (non-hydrogen) atoms. The van der Waals surface area contributed by atoms with Crippen molar-refractivity contribution >= 4 is 5.57 Å². The maximum absolute atomic E-state index is 6.19. The molecule has 1 aliphatic carbocycles. The molecule has 0 fully saturated rings. The largest absolute Gasteiger partial charge is 0.484 e. The van der Waals surface area contributed by atoms with Crippen LogP contribution >= 0.6 is 0 Å². The number of allylic oxidation sites excluding steroid dienone is 2. The van der Waals surface area contributed by atoms with Gasteiger partial charge in [-0.3, -0.25) is 0 Å². The van der Waals surface area contributed by atoms with Crippen LogP contribution < -0.4 is 4.74 Å². The molecule has 0 saturated heterocycles. The number of aryl methyl sites for hydroxylation is 1.